The lowest BCUT2D eigenvalue weighted by atomic mass is 10.1. The quantitative estimate of drug-likeness (QED) is 0.539. The van der Waals surface area contributed by atoms with Gasteiger partial charge in [-0.25, -0.2) is 14.8 Å². The van der Waals surface area contributed by atoms with Gasteiger partial charge in [0.05, 0.1) is 19.8 Å². The number of hydrogen-bond acceptors (Lipinski definition) is 6. The van der Waals surface area contributed by atoms with E-state index < -0.39 is 11.7 Å². The van der Waals surface area contributed by atoms with Crippen LogP contribution in [0.2, 0.25) is 0 Å². The molecule has 2 heterocycles. The van der Waals surface area contributed by atoms with E-state index in [1.165, 1.54) is 20.3 Å². The van der Waals surface area contributed by atoms with E-state index in [0.29, 0.717) is 60.4 Å². The molecule has 1 aliphatic heterocycles. The maximum absolute atomic E-state index is 13.1. The summed E-state index contributed by atoms with van der Waals surface area (Å²) in [6.45, 7) is 3.67. The molecule has 2 aromatic carbocycles. The fourth-order valence-corrected chi connectivity index (χ4v) is 3.90. The van der Waals surface area contributed by atoms with Crippen LogP contribution in [0.5, 0.6) is 11.5 Å². The summed E-state index contributed by atoms with van der Waals surface area (Å²) in [6, 6.07) is 11.6. The highest BCUT2D eigenvalue weighted by atomic mass is 19.4. The highest BCUT2D eigenvalue weighted by molar-refractivity contribution is 5.90. The molecule has 0 radical (unpaired) electrons. The summed E-state index contributed by atoms with van der Waals surface area (Å²) in [4.78, 5) is 25.4. The van der Waals surface area contributed by atoms with E-state index in [-0.39, 0.29) is 11.9 Å². The molecule has 190 valence electrons. The number of carbonyl (C=O) groups is 1. The van der Waals surface area contributed by atoms with Crippen LogP contribution in [0.1, 0.15) is 11.3 Å². The number of aromatic nitrogens is 2. The Balaban J connectivity index is 1.44. The Labute approximate surface area is 206 Å². The summed E-state index contributed by atoms with van der Waals surface area (Å²) in [6.07, 6.45) is -4.45. The zero-order chi connectivity index (χ0) is 25.9. The van der Waals surface area contributed by atoms with E-state index in [1.54, 1.807) is 42.2 Å². The maximum atomic E-state index is 13.1. The molecule has 0 unspecified atom stereocenters. The number of rotatable bonds is 5. The van der Waals surface area contributed by atoms with Gasteiger partial charge in [0, 0.05) is 67.4 Å². The standard InChI is InChI=1S/C25H26F3N5O3/c1-16-11-22(31-23(29-16)17-5-4-6-18(12-17)25(26,27)28)32-7-9-33(10-8-32)24(34)30-19-13-20(35-2)15-21(14-19)36-3/h4-6,11-15H,7-10H2,1-3H3,(H,30,34). The Bertz CT molecular complexity index is 1220. The maximum Gasteiger partial charge on any atom is 0.416 e. The average Bonchev–Trinajstić information content (AvgIpc) is 2.87. The lowest BCUT2D eigenvalue weighted by Crippen LogP contribution is -2.50. The number of piperazine rings is 1. The minimum atomic E-state index is -4.45. The molecule has 4 rings (SSSR count). The number of nitrogens with one attached hydrogen (secondary N) is 1. The Morgan fingerprint density at radius 2 is 1.61 bits per heavy atom. The van der Waals surface area contributed by atoms with Crippen LogP contribution in [-0.2, 0) is 6.18 Å². The molecule has 0 spiro atoms. The molecule has 0 bridgehead atoms. The molecule has 1 aliphatic rings. The fraction of sp³-hybridized carbons (Fsp3) is 0.320. The minimum absolute atomic E-state index is 0.225. The molecule has 11 heteroatoms. The second-order valence-electron chi connectivity index (χ2n) is 8.28. The molecule has 2 amide bonds. The topological polar surface area (TPSA) is 79.8 Å². The Morgan fingerprint density at radius 3 is 2.22 bits per heavy atom. The number of aryl methyl sites for hydroxylation is 1. The first-order chi connectivity index (χ1) is 17.2. The van der Waals surface area contributed by atoms with Crippen molar-refractivity contribution in [3.63, 3.8) is 0 Å². The van der Waals surface area contributed by atoms with E-state index in [1.807, 2.05) is 4.90 Å². The van der Waals surface area contributed by atoms with Crippen molar-refractivity contribution >= 4 is 17.5 Å². The van der Waals surface area contributed by atoms with Crippen LogP contribution in [0.4, 0.5) is 29.5 Å². The zero-order valence-corrected chi connectivity index (χ0v) is 20.1. The number of alkyl halides is 3. The first-order valence-electron chi connectivity index (χ1n) is 11.2. The van der Waals surface area contributed by atoms with Gasteiger partial charge in [-0.15, -0.1) is 0 Å². The van der Waals surface area contributed by atoms with Crippen LogP contribution in [0, 0.1) is 6.92 Å². The third kappa shape index (κ3) is 5.78. The highest BCUT2D eigenvalue weighted by Crippen LogP contribution is 2.32. The van der Waals surface area contributed by atoms with Crippen molar-refractivity contribution in [2.24, 2.45) is 0 Å². The van der Waals surface area contributed by atoms with Crippen LogP contribution in [-0.4, -0.2) is 61.3 Å². The molecule has 36 heavy (non-hydrogen) atoms. The number of benzene rings is 2. The van der Waals surface area contributed by atoms with Gasteiger partial charge in [-0.2, -0.15) is 13.2 Å². The summed E-state index contributed by atoms with van der Waals surface area (Å²) >= 11 is 0. The minimum Gasteiger partial charge on any atom is -0.497 e. The smallest absolute Gasteiger partial charge is 0.416 e. The second kappa shape index (κ2) is 10.3. The van der Waals surface area contributed by atoms with Crippen LogP contribution in [0.25, 0.3) is 11.4 Å². The number of halogens is 3. The molecule has 1 saturated heterocycles. The molecule has 0 atom stereocenters. The number of carbonyl (C=O) groups excluding carboxylic acids is 1. The molecule has 8 nitrogen and oxygen atoms in total. The molecule has 1 aromatic heterocycles. The molecule has 3 aromatic rings. The largest absolute Gasteiger partial charge is 0.497 e. The van der Waals surface area contributed by atoms with Crippen molar-refractivity contribution in [3.05, 3.63) is 59.8 Å². The molecule has 0 aliphatic carbocycles. The van der Waals surface area contributed by atoms with Gasteiger partial charge in [0.1, 0.15) is 17.3 Å². The summed E-state index contributed by atoms with van der Waals surface area (Å²) in [5, 5.41) is 2.86. The van der Waals surface area contributed by atoms with Crippen LogP contribution in [0.15, 0.2) is 48.5 Å². The monoisotopic (exact) mass is 501 g/mol. The first-order valence-corrected chi connectivity index (χ1v) is 11.2. The summed E-state index contributed by atoms with van der Waals surface area (Å²) in [5.41, 5.74) is 0.733. The summed E-state index contributed by atoms with van der Waals surface area (Å²) < 4.78 is 49.9. The molecule has 1 fully saturated rings. The second-order valence-corrected chi connectivity index (χ2v) is 8.28. The van der Waals surface area contributed by atoms with E-state index in [2.05, 4.69) is 15.3 Å². The van der Waals surface area contributed by atoms with Gasteiger partial charge in [0.25, 0.3) is 0 Å². The molecule has 0 saturated carbocycles. The van der Waals surface area contributed by atoms with Crippen molar-refractivity contribution in [3.8, 4) is 22.9 Å². The van der Waals surface area contributed by atoms with E-state index in [9.17, 15) is 18.0 Å². The van der Waals surface area contributed by atoms with Crippen LogP contribution >= 0.6 is 0 Å². The SMILES string of the molecule is COc1cc(NC(=O)N2CCN(c3cc(C)nc(-c4cccc(C(F)(F)F)c4)n3)CC2)cc(OC)c1. The Hall–Kier alpha value is -4.02. The van der Waals surface area contributed by atoms with Crippen molar-refractivity contribution in [1.82, 2.24) is 14.9 Å². The van der Waals surface area contributed by atoms with Crippen molar-refractivity contribution in [2.45, 2.75) is 13.1 Å². The number of methoxy groups -OCH3 is 2. The predicted molar refractivity (Wildman–Crippen MR) is 130 cm³/mol. The summed E-state index contributed by atoms with van der Waals surface area (Å²) in [7, 11) is 3.07. The lowest BCUT2D eigenvalue weighted by molar-refractivity contribution is -0.137. The van der Waals surface area contributed by atoms with Gasteiger partial charge in [0.15, 0.2) is 5.82 Å². The van der Waals surface area contributed by atoms with Gasteiger partial charge in [-0.1, -0.05) is 12.1 Å². The molecular formula is C25H26F3N5O3. The first kappa shape index (κ1) is 25.1. The average molecular weight is 502 g/mol. The molecular weight excluding hydrogens is 475 g/mol. The van der Waals surface area contributed by atoms with Gasteiger partial charge >= 0.3 is 12.2 Å². The van der Waals surface area contributed by atoms with E-state index in [0.717, 1.165) is 12.1 Å². The highest BCUT2D eigenvalue weighted by Gasteiger charge is 2.31. The Morgan fingerprint density at radius 1 is 0.944 bits per heavy atom. The number of urea groups is 1. The fourth-order valence-electron chi connectivity index (χ4n) is 3.90. The van der Waals surface area contributed by atoms with Crippen molar-refractivity contribution in [2.75, 3.05) is 50.6 Å². The number of ether oxygens (including phenoxy) is 2. The third-order valence-electron chi connectivity index (χ3n) is 5.78. The zero-order valence-electron chi connectivity index (χ0n) is 20.1. The van der Waals surface area contributed by atoms with E-state index in [4.69, 9.17) is 9.47 Å². The summed E-state index contributed by atoms with van der Waals surface area (Å²) in [5.74, 6) is 1.95. The number of amides is 2. The predicted octanol–water partition coefficient (Wildman–Crippen LogP) is 4.84. The third-order valence-corrected chi connectivity index (χ3v) is 5.78. The normalized spacial score (nSPS) is 13.9. The van der Waals surface area contributed by atoms with Crippen LogP contribution in [0.3, 0.4) is 0 Å². The van der Waals surface area contributed by atoms with Crippen LogP contribution < -0.4 is 19.7 Å². The van der Waals surface area contributed by atoms with Gasteiger partial charge in [0.2, 0.25) is 0 Å². The van der Waals surface area contributed by atoms with E-state index >= 15 is 0 Å². The van der Waals surface area contributed by atoms with Crippen molar-refractivity contribution < 1.29 is 27.4 Å². The number of nitrogens with zero attached hydrogens (tertiary/aromatic N) is 4. The Kier molecular flexibility index (Phi) is 7.18. The number of anilines is 2. The van der Waals surface area contributed by atoms with Gasteiger partial charge < -0.3 is 24.6 Å². The lowest BCUT2D eigenvalue weighted by Gasteiger charge is -2.35. The molecule has 1 N–H and O–H groups in total. The van der Waals surface area contributed by atoms with Gasteiger partial charge in [-0.3, -0.25) is 0 Å². The number of hydrogen-bond donors (Lipinski definition) is 1. The van der Waals surface area contributed by atoms with Crippen molar-refractivity contribution in [1.29, 1.82) is 0 Å². The van der Waals surface area contributed by atoms with Gasteiger partial charge in [-0.05, 0) is 19.1 Å².